The highest BCUT2D eigenvalue weighted by molar-refractivity contribution is 5.80. The molecule has 15 heavy (non-hydrogen) atoms. The lowest BCUT2D eigenvalue weighted by molar-refractivity contribution is 0.386. The Morgan fingerprint density at radius 3 is 3.13 bits per heavy atom. The van der Waals surface area contributed by atoms with Gasteiger partial charge in [0.25, 0.3) is 0 Å². The fourth-order valence-corrected chi connectivity index (χ4v) is 1.59. The van der Waals surface area contributed by atoms with Gasteiger partial charge in [-0.3, -0.25) is 0 Å². The maximum atomic E-state index is 13.3. The quantitative estimate of drug-likeness (QED) is 0.782. The Kier molecular flexibility index (Phi) is 2.97. The van der Waals surface area contributed by atoms with E-state index in [9.17, 15) is 4.39 Å². The summed E-state index contributed by atoms with van der Waals surface area (Å²) in [7, 11) is 1.90. The van der Waals surface area contributed by atoms with Crippen LogP contribution in [0.5, 0.6) is 0 Å². The van der Waals surface area contributed by atoms with E-state index in [1.54, 1.807) is 6.07 Å². The Hall–Kier alpha value is -1.42. The number of fused-ring (bicyclic) bond motifs is 1. The number of benzene rings is 1. The average Bonchev–Trinajstić information content (AvgIpc) is 2.64. The van der Waals surface area contributed by atoms with Crippen molar-refractivity contribution in [3.8, 4) is 0 Å². The van der Waals surface area contributed by atoms with E-state index in [-0.39, 0.29) is 5.82 Å². The van der Waals surface area contributed by atoms with Crippen molar-refractivity contribution in [1.82, 2.24) is 10.5 Å². The highest BCUT2D eigenvalue weighted by atomic mass is 19.1. The number of hydrogen-bond donors (Lipinski definition) is 1. The van der Waals surface area contributed by atoms with Gasteiger partial charge in [0.15, 0.2) is 5.82 Å². The Morgan fingerprint density at radius 2 is 2.33 bits per heavy atom. The summed E-state index contributed by atoms with van der Waals surface area (Å²) in [6.07, 6.45) is 1.73. The summed E-state index contributed by atoms with van der Waals surface area (Å²) in [5, 5.41) is 7.56. The van der Waals surface area contributed by atoms with Crippen molar-refractivity contribution < 1.29 is 8.91 Å². The number of aryl methyl sites for hydroxylation is 1. The summed E-state index contributed by atoms with van der Waals surface area (Å²) in [6, 6.07) is 4.91. The number of rotatable bonds is 4. The molecule has 4 heteroatoms. The lowest BCUT2D eigenvalue weighted by Gasteiger charge is -1.96. The fraction of sp³-hybridized carbons (Fsp3) is 0.364. The molecule has 0 aliphatic carbocycles. The maximum Gasteiger partial charge on any atom is 0.152 e. The predicted molar refractivity (Wildman–Crippen MR) is 56.2 cm³/mol. The third-order valence-corrected chi connectivity index (χ3v) is 2.36. The van der Waals surface area contributed by atoms with E-state index in [4.69, 9.17) is 4.52 Å². The Morgan fingerprint density at radius 1 is 1.47 bits per heavy atom. The van der Waals surface area contributed by atoms with Crippen molar-refractivity contribution in [2.24, 2.45) is 0 Å². The second-order valence-corrected chi connectivity index (χ2v) is 3.45. The zero-order valence-electron chi connectivity index (χ0n) is 8.59. The third-order valence-electron chi connectivity index (χ3n) is 2.36. The molecule has 0 fully saturated rings. The molecule has 0 atom stereocenters. The van der Waals surface area contributed by atoms with Gasteiger partial charge in [-0.25, -0.2) is 4.39 Å². The molecule has 0 spiro atoms. The molecule has 0 aliphatic rings. The molecule has 0 saturated heterocycles. The second kappa shape index (κ2) is 4.40. The molecule has 2 rings (SSSR count). The molecule has 0 aliphatic heterocycles. The van der Waals surface area contributed by atoms with Gasteiger partial charge in [0.1, 0.15) is 11.3 Å². The van der Waals surface area contributed by atoms with Crippen molar-refractivity contribution in [2.45, 2.75) is 12.8 Å². The Labute approximate surface area is 87.3 Å². The smallest absolute Gasteiger partial charge is 0.152 e. The van der Waals surface area contributed by atoms with Crippen LogP contribution in [-0.2, 0) is 6.42 Å². The number of hydrogen-bond acceptors (Lipinski definition) is 3. The van der Waals surface area contributed by atoms with Gasteiger partial charge in [-0.05, 0) is 32.1 Å². The van der Waals surface area contributed by atoms with Gasteiger partial charge in [-0.2, -0.15) is 0 Å². The zero-order valence-corrected chi connectivity index (χ0v) is 8.59. The van der Waals surface area contributed by atoms with Gasteiger partial charge in [0.05, 0.1) is 0 Å². The molecule has 3 nitrogen and oxygen atoms in total. The molecule has 0 radical (unpaired) electrons. The summed E-state index contributed by atoms with van der Waals surface area (Å²) < 4.78 is 18.4. The van der Waals surface area contributed by atoms with Crippen LogP contribution in [0, 0.1) is 5.82 Å². The van der Waals surface area contributed by atoms with Crippen LogP contribution in [-0.4, -0.2) is 18.7 Å². The molecule has 0 saturated carbocycles. The van der Waals surface area contributed by atoms with Crippen molar-refractivity contribution in [2.75, 3.05) is 13.6 Å². The lowest BCUT2D eigenvalue weighted by atomic mass is 10.1. The van der Waals surface area contributed by atoms with E-state index in [2.05, 4.69) is 10.5 Å². The van der Waals surface area contributed by atoms with Crippen LogP contribution >= 0.6 is 0 Å². The molecule has 0 amide bonds. The molecular weight excluding hydrogens is 195 g/mol. The molecule has 2 aromatic rings. The third kappa shape index (κ3) is 1.99. The number of aromatic nitrogens is 1. The van der Waals surface area contributed by atoms with Crippen LogP contribution in [0.1, 0.15) is 12.2 Å². The fourth-order valence-electron chi connectivity index (χ4n) is 1.59. The second-order valence-electron chi connectivity index (χ2n) is 3.45. The van der Waals surface area contributed by atoms with E-state index in [0.29, 0.717) is 5.52 Å². The summed E-state index contributed by atoms with van der Waals surface area (Å²) in [5.41, 5.74) is 0.331. The minimum atomic E-state index is -0.323. The van der Waals surface area contributed by atoms with Crippen molar-refractivity contribution in [1.29, 1.82) is 0 Å². The van der Waals surface area contributed by atoms with Crippen molar-refractivity contribution in [3.05, 3.63) is 29.8 Å². The highest BCUT2D eigenvalue weighted by Crippen LogP contribution is 2.21. The first-order chi connectivity index (χ1) is 7.33. The molecule has 0 unspecified atom stereocenters. The standard InChI is InChI=1S/C11H13FN2O/c1-13-7-3-6-10-8-4-2-5-9(12)11(8)14-15-10/h2,4-5,13H,3,6-7H2,1H3. The minimum Gasteiger partial charge on any atom is -0.360 e. The van der Waals surface area contributed by atoms with Crippen molar-refractivity contribution in [3.63, 3.8) is 0 Å². The monoisotopic (exact) mass is 208 g/mol. The average molecular weight is 208 g/mol. The van der Waals surface area contributed by atoms with E-state index in [0.717, 1.165) is 30.5 Å². The van der Waals surface area contributed by atoms with Gasteiger partial charge in [0, 0.05) is 11.8 Å². The highest BCUT2D eigenvalue weighted by Gasteiger charge is 2.10. The summed E-state index contributed by atoms with van der Waals surface area (Å²) in [5.74, 6) is 0.441. The van der Waals surface area contributed by atoms with E-state index in [1.807, 2.05) is 13.1 Å². The normalized spacial score (nSPS) is 11.1. The molecule has 1 aromatic carbocycles. The first-order valence-corrected chi connectivity index (χ1v) is 5.00. The molecule has 1 heterocycles. The van der Waals surface area contributed by atoms with Gasteiger partial charge in [-0.15, -0.1) is 0 Å². The molecular formula is C11H13FN2O. The molecule has 1 N–H and O–H groups in total. The van der Waals surface area contributed by atoms with E-state index in [1.165, 1.54) is 6.07 Å². The number of nitrogens with one attached hydrogen (secondary N) is 1. The van der Waals surface area contributed by atoms with Crippen LogP contribution in [0.3, 0.4) is 0 Å². The van der Waals surface area contributed by atoms with E-state index < -0.39 is 0 Å². The minimum absolute atomic E-state index is 0.323. The molecule has 80 valence electrons. The SMILES string of the molecule is CNCCCc1onc2c(F)cccc12. The van der Waals surface area contributed by atoms with Gasteiger partial charge >= 0.3 is 0 Å². The first kappa shape index (κ1) is 10.1. The van der Waals surface area contributed by atoms with E-state index >= 15 is 0 Å². The summed E-state index contributed by atoms with van der Waals surface area (Å²) >= 11 is 0. The number of halogens is 1. The van der Waals surface area contributed by atoms with Gasteiger partial charge in [-0.1, -0.05) is 11.2 Å². The lowest BCUT2D eigenvalue weighted by Crippen LogP contribution is -2.08. The largest absolute Gasteiger partial charge is 0.360 e. The molecule has 1 aromatic heterocycles. The van der Waals surface area contributed by atoms with Crippen LogP contribution in [0.2, 0.25) is 0 Å². The van der Waals surface area contributed by atoms with Gasteiger partial charge < -0.3 is 9.84 Å². The predicted octanol–water partition coefficient (Wildman–Crippen LogP) is 2.12. The summed E-state index contributed by atoms with van der Waals surface area (Å²) in [4.78, 5) is 0. The zero-order chi connectivity index (χ0) is 10.7. The topological polar surface area (TPSA) is 38.1 Å². The molecule has 0 bridgehead atoms. The number of nitrogens with zero attached hydrogens (tertiary/aromatic N) is 1. The van der Waals surface area contributed by atoms with Gasteiger partial charge in [0.2, 0.25) is 0 Å². The van der Waals surface area contributed by atoms with Crippen LogP contribution < -0.4 is 5.32 Å². The van der Waals surface area contributed by atoms with Crippen LogP contribution in [0.4, 0.5) is 4.39 Å². The van der Waals surface area contributed by atoms with Crippen LogP contribution in [0.25, 0.3) is 10.9 Å². The maximum absolute atomic E-state index is 13.3. The van der Waals surface area contributed by atoms with Crippen LogP contribution in [0.15, 0.2) is 22.7 Å². The Bertz CT molecular complexity index is 453. The Balaban J connectivity index is 2.25. The van der Waals surface area contributed by atoms with Crippen molar-refractivity contribution >= 4 is 10.9 Å². The summed E-state index contributed by atoms with van der Waals surface area (Å²) in [6.45, 7) is 0.914. The first-order valence-electron chi connectivity index (χ1n) is 5.00.